The molecule has 0 unspecified atom stereocenters. The number of carboxylic acid groups (broad SMARTS) is 1. The number of benzene rings is 3. The van der Waals surface area contributed by atoms with Gasteiger partial charge in [0.2, 0.25) is 0 Å². The summed E-state index contributed by atoms with van der Waals surface area (Å²) in [6, 6.07) is 25.5. The lowest BCUT2D eigenvalue weighted by molar-refractivity contribution is -0.140. The molecule has 0 aliphatic heterocycles. The lowest BCUT2D eigenvalue weighted by Gasteiger charge is -2.24. The fourth-order valence-electron chi connectivity index (χ4n) is 4.47. The van der Waals surface area contributed by atoms with Gasteiger partial charge in [-0.1, -0.05) is 67.1 Å². The van der Waals surface area contributed by atoms with Gasteiger partial charge in [-0.2, -0.15) is 11.8 Å². The molecule has 0 saturated carbocycles. The molecule has 0 spiro atoms. The highest BCUT2D eigenvalue weighted by atomic mass is 35.5. The molecule has 204 valence electrons. The number of thioether (sulfide) groups is 1. The molecule has 0 aliphatic carbocycles. The maximum Gasteiger partial charge on any atom is 0.307 e. The van der Waals surface area contributed by atoms with E-state index in [0.717, 1.165) is 51.9 Å². The zero-order valence-electron chi connectivity index (χ0n) is 22.4. The number of ether oxygens (including phenoxy) is 1. The monoisotopic (exact) mass is 563 g/mol. The number of hydrogen-bond donors (Lipinski definition) is 2. The predicted molar refractivity (Wildman–Crippen MR) is 160 cm³/mol. The second-order valence-electron chi connectivity index (χ2n) is 10.3. The van der Waals surface area contributed by atoms with Crippen LogP contribution >= 0.6 is 23.4 Å². The largest absolute Gasteiger partial charge is 0.487 e. The van der Waals surface area contributed by atoms with E-state index in [1.54, 1.807) is 32.5 Å². The van der Waals surface area contributed by atoms with Crippen molar-refractivity contribution in [2.24, 2.45) is 5.92 Å². The Hall–Kier alpha value is -3.06. The van der Waals surface area contributed by atoms with Gasteiger partial charge in [0.1, 0.15) is 12.4 Å². The van der Waals surface area contributed by atoms with E-state index >= 15 is 0 Å². The number of fused-ring (bicyclic) bond motifs is 1. The third kappa shape index (κ3) is 7.98. The zero-order chi connectivity index (χ0) is 28.0. The number of carbonyl (C=O) groups is 1. The molecule has 5 nitrogen and oxygen atoms in total. The van der Waals surface area contributed by atoms with E-state index in [2.05, 4.69) is 17.1 Å². The summed E-state index contributed by atoms with van der Waals surface area (Å²) in [4.78, 5) is 16.2. The molecule has 0 aliphatic rings. The third-order valence-corrected chi connectivity index (χ3v) is 8.49. The number of aliphatic hydroxyl groups is 1. The Bertz CT molecular complexity index is 1440. The molecule has 3 aromatic carbocycles. The topological polar surface area (TPSA) is 79.7 Å². The van der Waals surface area contributed by atoms with Gasteiger partial charge in [-0.25, -0.2) is 4.98 Å². The van der Waals surface area contributed by atoms with Crippen molar-refractivity contribution in [3.05, 3.63) is 106 Å². The molecule has 39 heavy (non-hydrogen) atoms. The maximum atomic E-state index is 11.5. The van der Waals surface area contributed by atoms with Crippen molar-refractivity contribution >= 4 is 40.2 Å². The Balaban J connectivity index is 1.51. The summed E-state index contributed by atoms with van der Waals surface area (Å²) in [5.41, 5.74) is 3.78. The minimum absolute atomic E-state index is 0.0612. The molecule has 0 saturated heterocycles. The van der Waals surface area contributed by atoms with Gasteiger partial charge in [0.15, 0.2) is 0 Å². The highest BCUT2D eigenvalue weighted by Crippen LogP contribution is 2.37. The summed E-state index contributed by atoms with van der Waals surface area (Å²) in [5, 5.41) is 21.8. The zero-order valence-corrected chi connectivity index (χ0v) is 24.0. The number of aryl methyl sites for hydroxylation is 1. The van der Waals surface area contributed by atoms with Crippen molar-refractivity contribution in [2.75, 3.05) is 5.75 Å². The molecule has 2 N–H and O–H groups in total. The van der Waals surface area contributed by atoms with Crippen LogP contribution in [0, 0.1) is 5.92 Å². The fourth-order valence-corrected chi connectivity index (χ4v) is 5.93. The van der Waals surface area contributed by atoms with E-state index in [1.165, 1.54) is 0 Å². The number of pyridine rings is 1. The minimum atomic E-state index is -0.938. The van der Waals surface area contributed by atoms with Gasteiger partial charge in [-0.05, 0) is 73.7 Å². The predicted octanol–water partition coefficient (Wildman–Crippen LogP) is 7.82. The molecule has 4 aromatic rings. The molecule has 0 amide bonds. The van der Waals surface area contributed by atoms with E-state index in [4.69, 9.17) is 16.3 Å². The quantitative estimate of drug-likeness (QED) is 0.183. The van der Waals surface area contributed by atoms with Crippen LogP contribution in [-0.4, -0.2) is 26.9 Å². The summed E-state index contributed by atoms with van der Waals surface area (Å²) in [7, 11) is 0. The Labute approximate surface area is 239 Å². The Morgan fingerprint density at radius 1 is 1.05 bits per heavy atom. The van der Waals surface area contributed by atoms with Gasteiger partial charge in [0.05, 0.1) is 22.7 Å². The SMILES string of the molecule is C[C@@H](CS[C@H](CCc1ccccc1C(C)(C)O)c1cccc(OCc2ccc3ccc(Cl)cc3n2)c1)C(=O)O. The van der Waals surface area contributed by atoms with Gasteiger partial charge >= 0.3 is 5.97 Å². The molecular weight excluding hydrogens is 530 g/mol. The van der Waals surface area contributed by atoms with Crippen molar-refractivity contribution in [2.45, 2.75) is 51.1 Å². The van der Waals surface area contributed by atoms with Crippen molar-refractivity contribution < 1.29 is 19.7 Å². The molecule has 1 heterocycles. The first kappa shape index (κ1) is 28.9. The smallest absolute Gasteiger partial charge is 0.307 e. The summed E-state index contributed by atoms with van der Waals surface area (Å²) in [5.74, 6) is -0.0147. The highest BCUT2D eigenvalue weighted by Gasteiger charge is 2.22. The molecule has 0 bridgehead atoms. The van der Waals surface area contributed by atoms with Crippen LogP contribution in [0.1, 0.15) is 54.8 Å². The van der Waals surface area contributed by atoms with Crippen molar-refractivity contribution in [3.8, 4) is 5.75 Å². The first-order valence-corrected chi connectivity index (χ1v) is 14.5. The van der Waals surface area contributed by atoms with Crippen LogP contribution in [0.5, 0.6) is 5.75 Å². The lowest BCUT2D eigenvalue weighted by Crippen LogP contribution is -2.18. The Morgan fingerprint density at radius 3 is 2.59 bits per heavy atom. The maximum absolute atomic E-state index is 11.5. The number of aromatic nitrogens is 1. The number of hydrogen-bond acceptors (Lipinski definition) is 5. The van der Waals surface area contributed by atoms with E-state index < -0.39 is 17.5 Å². The standard InChI is InChI=1S/C32H34ClNO4S/c1-21(31(35)36)20-39-30(16-13-22-7-4-5-10-28(22)32(2,3)37)24-8-6-9-27(17-24)38-19-26-15-12-23-11-14-25(33)18-29(23)34-26/h4-12,14-15,17-18,21,30,37H,13,16,19-20H2,1-3H3,(H,35,36)/t21-,30+/m0/s1. The van der Waals surface area contributed by atoms with Gasteiger partial charge in [-0.3, -0.25) is 4.79 Å². The van der Waals surface area contributed by atoms with Gasteiger partial charge in [0.25, 0.3) is 0 Å². The second-order valence-corrected chi connectivity index (χ2v) is 12.0. The first-order chi connectivity index (χ1) is 18.6. The number of halogens is 1. The van der Waals surface area contributed by atoms with Crippen LogP contribution in [0.3, 0.4) is 0 Å². The van der Waals surface area contributed by atoms with Gasteiger partial charge in [0, 0.05) is 21.4 Å². The van der Waals surface area contributed by atoms with Crippen molar-refractivity contribution in [1.82, 2.24) is 4.98 Å². The van der Waals surface area contributed by atoms with Crippen LogP contribution in [0.4, 0.5) is 0 Å². The Morgan fingerprint density at radius 2 is 1.82 bits per heavy atom. The normalized spacial score (nSPS) is 13.3. The van der Waals surface area contributed by atoms with E-state index in [1.807, 2.05) is 66.7 Å². The first-order valence-electron chi connectivity index (χ1n) is 13.0. The number of aliphatic carboxylic acids is 1. The van der Waals surface area contributed by atoms with Crippen LogP contribution < -0.4 is 4.74 Å². The molecule has 2 atom stereocenters. The number of nitrogens with zero attached hydrogens (tertiary/aromatic N) is 1. The molecule has 0 fully saturated rings. The molecule has 7 heteroatoms. The number of carboxylic acids is 1. The van der Waals surface area contributed by atoms with E-state index in [9.17, 15) is 15.0 Å². The second kappa shape index (κ2) is 12.9. The molecule has 4 rings (SSSR count). The van der Waals surface area contributed by atoms with E-state index in [0.29, 0.717) is 17.4 Å². The lowest BCUT2D eigenvalue weighted by atomic mass is 9.90. The summed E-state index contributed by atoms with van der Waals surface area (Å²) in [6.07, 6.45) is 1.55. The average Bonchev–Trinajstić information content (AvgIpc) is 2.91. The summed E-state index contributed by atoms with van der Waals surface area (Å²) >= 11 is 7.78. The molecule has 0 radical (unpaired) electrons. The van der Waals surface area contributed by atoms with Crippen LogP contribution in [0.2, 0.25) is 5.02 Å². The summed E-state index contributed by atoms with van der Waals surface area (Å²) < 4.78 is 6.12. The minimum Gasteiger partial charge on any atom is -0.487 e. The molecule has 1 aromatic heterocycles. The van der Waals surface area contributed by atoms with E-state index in [-0.39, 0.29) is 5.25 Å². The molecular formula is C32H34ClNO4S. The fraction of sp³-hybridized carbons (Fsp3) is 0.312. The van der Waals surface area contributed by atoms with Crippen LogP contribution in [0.25, 0.3) is 10.9 Å². The Kier molecular flexibility index (Phi) is 9.54. The third-order valence-electron chi connectivity index (χ3n) is 6.65. The van der Waals surface area contributed by atoms with Crippen LogP contribution in [0.15, 0.2) is 78.9 Å². The van der Waals surface area contributed by atoms with Crippen molar-refractivity contribution in [1.29, 1.82) is 0 Å². The number of rotatable bonds is 12. The highest BCUT2D eigenvalue weighted by molar-refractivity contribution is 7.99. The van der Waals surface area contributed by atoms with Gasteiger partial charge in [-0.15, -0.1) is 0 Å². The summed E-state index contributed by atoms with van der Waals surface area (Å²) in [6.45, 7) is 5.65. The van der Waals surface area contributed by atoms with Gasteiger partial charge < -0.3 is 14.9 Å². The van der Waals surface area contributed by atoms with Crippen molar-refractivity contribution in [3.63, 3.8) is 0 Å². The van der Waals surface area contributed by atoms with Crippen LogP contribution in [-0.2, 0) is 23.4 Å². The average molecular weight is 564 g/mol.